The largest absolute Gasteiger partial charge is 0.383 e. The number of carbonyl (C=O) groups is 1. The lowest BCUT2D eigenvalue weighted by Crippen LogP contribution is -2.27. The van der Waals surface area contributed by atoms with Crippen LogP contribution < -0.4 is 10.0 Å². The van der Waals surface area contributed by atoms with Crippen LogP contribution in [0.25, 0.3) is 0 Å². The number of amides is 1. The molecule has 0 spiro atoms. The van der Waals surface area contributed by atoms with E-state index in [9.17, 15) is 13.2 Å². The third-order valence-electron chi connectivity index (χ3n) is 2.29. The molecule has 0 atom stereocenters. The first-order valence-electron chi connectivity index (χ1n) is 5.32. The summed E-state index contributed by atoms with van der Waals surface area (Å²) >= 11 is 0. The molecule has 1 aromatic carbocycles. The van der Waals surface area contributed by atoms with Gasteiger partial charge in [0.1, 0.15) is 0 Å². The van der Waals surface area contributed by atoms with Gasteiger partial charge in [0, 0.05) is 19.2 Å². The van der Waals surface area contributed by atoms with Crippen molar-refractivity contribution < 1.29 is 17.9 Å². The van der Waals surface area contributed by atoms with Gasteiger partial charge < -0.3 is 10.1 Å². The Balaban J connectivity index is 2.74. The maximum absolute atomic E-state index is 11.6. The molecule has 1 aromatic rings. The number of methoxy groups -OCH3 is 1. The minimum Gasteiger partial charge on any atom is -0.383 e. The Bertz CT molecular complexity index is 496. The molecule has 0 aliphatic rings. The second-order valence-electron chi connectivity index (χ2n) is 3.48. The van der Waals surface area contributed by atoms with Crippen LogP contribution in [0.15, 0.2) is 29.2 Å². The number of nitrogens with one attached hydrogen (secondary N) is 2. The highest BCUT2D eigenvalue weighted by Crippen LogP contribution is 2.09. The molecule has 0 fully saturated rings. The number of rotatable bonds is 6. The summed E-state index contributed by atoms with van der Waals surface area (Å²) in [5.41, 5.74) is 0.404. The number of benzene rings is 1. The van der Waals surface area contributed by atoms with E-state index in [0.717, 1.165) is 0 Å². The first-order chi connectivity index (χ1) is 8.51. The van der Waals surface area contributed by atoms with Crippen molar-refractivity contribution >= 4 is 15.9 Å². The molecule has 18 heavy (non-hydrogen) atoms. The topological polar surface area (TPSA) is 84.5 Å². The number of ether oxygens (including phenoxy) is 1. The van der Waals surface area contributed by atoms with Gasteiger partial charge in [-0.15, -0.1) is 0 Å². The zero-order chi connectivity index (χ0) is 13.6. The molecule has 0 saturated carbocycles. The van der Waals surface area contributed by atoms with E-state index in [4.69, 9.17) is 4.74 Å². The van der Waals surface area contributed by atoms with Crippen LogP contribution in [0.1, 0.15) is 10.4 Å². The summed E-state index contributed by atoms with van der Waals surface area (Å²) < 4.78 is 29.9. The standard InChI is InChI=1S/C11H16N2O4S/c1-12-18(15,16)10-5-3-9(4-6-10)11(14)13-7-8-17-2/h3-6,12H,7-8H2,1-2H3,(H,13,14). The molecule has 0 saturated heterocycles. The fourth-order valence-electron chi connectivity index (χ4n) is 1.27. The molecule has 1 rings (SSSR count). The lowest BCUT2D eigenvalue weighted by atomic mass is 10.2. The van der Waals surface area contributed by atoms with Crippen LogP contribution >= 0.6 is 0 Å². The quantitative estimate of drug-likeness (QED) is 0.712. The van der Waals surface area contributed by atoms with Crippen LogP contribution in [-0.4, -0.2) is 41.6 Å². The minimum atomic E-state index is -3.46. The summed E-state index contributed by atoms with van der Waals surface area (Å²) in [6, 6.07) is 5.70. The summed E-state index contributed by atoms with van der Waals surface area (Å²) in [5.74, 6) is -0.263. The zero-order valence-electron chi connectivity index (χ0n) is 10.3. The predicted octanol–water partition coefficient (Wildman–Crippen LogP) is -0.0291. The number of hydrogen-bond donors (Lipinski definition) is 2. The SMILES string of the molecule is CNS(=O)(=O)c1ccc(C(=O)NCCOC)cc1. The smallest absolute Gasteiger partial charge is 0.251 e. The molecule has 0 aliphatic carbocycles. The highest BCUT2D eigenvalue weighted by molar-refractivity contribution is 7.89. The first kappa shape index (κ1) is 14.6. The fourth-order valence-corrected chi connectivity index (χ4v) is 2.00. The predicted molar refractivity (Wildman–Crippen MR) is 66.9 cm³/mol. The Morgan fingerprint density at radius 1 is 1.28 bits per heavy atom. The van der Waals surface area contributed by atoms with Crippen molar-refractivity contribution in [1.82, 2.24) is 10.0 Å². The van der Waals surface area contributed by atoms with Crippen LogP contribution in [0.2, 0.25) is 0 Å². The summed E-state index contributed by atoms with van der Waals surface area (Å²) in [6.45, 7) is 0.837. The Morgan fingerprint density at radius 3 is 2.39 bits per heavy atom. The van der Waals surface area contributed by atoms with E-state index in [1.54, 1.807) is 7.11 Å². The van der Waals surface area contributed by atoms with Gasteiger partial charge in [0.2, 0.25) is 10.0 Å². The molecule has 7 heteroatoms. The average molecular weight is 272 g/mol. The van der Waals surface area contributed by atoms with Crippen molar-refractivity contribution in [2.45, 2.75) is 4.90 Å². The molecule has 0 heterocycles. The van der Waals surface area contributed by atoms with Crippen molar-refractivity contribution in [2.24, 2.45) is 0 Å². The molecule has 2 N–H and O–H groups in total. The number of carbonyl (C=O) groups excluding carboxylic acids is 1. The van der Waals surface area contributed by atoms with Gasteiger partial charge in [-0.05, 0) is 31.3 Å². The molecule has 6 nitrogen and oxygen atoms in total. The van der Waals surface area contributed by atoms with Crippen LogP contribution in [0.5, 0.6) is 0 Å². The van der Waals surface area contributed by atoms with E-state index in [1.165, 1.54) is 31.3 Å². The second kappa shape index (κ2) is 6.48. The minimum absolute atomic E-state index is 0.124. The monoisotopic (exact) mass is 272 g/mol. The Morgan fingerprint density at radius 2 is 1.89 bits per heavy atom. The molecular formula is C11H16N2O4S. The number of sulfonamides is 1. The maximum Gasteiger partial charge on any atom is 0.251 e. The average Bonchev–Trinajstić information content (AvgIpc) is 2.39. The Kier molecular flexibility index (Phi) is 5.26. The van der Waals surface area contributed by atoms with E-state index in [1.807, 2.05) is 0 Å². The lowest BCUT2D eigenvalue weighted by Gasteiger charge is -2.06. The van der Waals surface area contributed by atoms with Crippen molar-refractivity contribution in [3.8, 4) is 0 Å². The van der Waals surface area contributed by atoms with Gasteiger partial charge in [0.05, 0.1) is 11.5 Å². The summed E-state index contributed by atoms with van der Waals surface area (Å²) in [5, 5.41) is 2.64. The van der Waals surface area contributed by atoms with Crippen LogP contribution in [0, 0.1) is 0 Å². The molecule has 0 unspecified atom stereocenters. The fraction of sp³-hybridized carbons (Fsp3) is 0.364. The van der Waals surface area contributed by atoms with Gasteiger partial charge >= 0.3 is 0 Å². The van der Waals surface area contributed by atoms with Gasteiger partial charge in [-0.3, -0.25) is 4.79 Å². The van der Waals surface area contributed by atoms with Crippen molar-refractivity contribution in [1.29, 1.82) is 0 Å². The van der Waals surface area contributed by atoms with E-state index in [0.29, 0.717) is 18.7 Å². The summed E-state index contributed by atoms with van der Waals surface area (Å²) in [7, 11) is -0.584. The zero-order valence-corrected chi connectivity index (χ0v) is 11.1. The molecule has 0 aromatic heterocycles. The lowest BCUT2D eigenvalue weighted by molar-refractivity contribution is 0.0937. The molecule has 0 aliphatic heterocycles. The van der Waals surface area contributed by atoms with Gasteiger partial charge in [0.25, 0.3) is 5.91 Å². The van der Waals surface area contributed by atoms with E-state index in [2.05, 4.69) is 10.0 Å². The normalized spacial score (nSPS) is 11.2. The van der Waals surface area contributed by atoms with Crippen LogP contribution in [0.4, 0.5) is 0 Å². The van der Waals surface area contributed by atoms with E-state index in [-0.39, 0.29) is 10.8 Å². The molecule has 0 radical (unpaired) electrons. The third-order valence-corrected chi connectivity index (χ3v) is 3.72. The van der Waals surface area contributed by atoms with Gasteiger partial charge in [-0.25, -0.2) is 13.1 Å². The van der Waals surface area contributed by atoms with E-state index < -0.39 is 10.0 Å². The Labute approximate surface area is 106 Å². The van der Waals surface area contributed by atoms with Crippen molar-refractivity contribution in [3.63, 3.8) is 0 Å². The highest BCUT2D eigenvalue weighted by atomic mass is 32.2. The number of hydrogen-bond acceptors (Lipinski definition) is 4. The van der Waals surface area contributed by atoms with Crippen LogP contribution in [-0.2, 0) is 14.8 Å². The summed E-state index contributed by atoms with van der Waals surface area (Å²) in [4.78, 5) is 11.7. The van der Waals surface area contributed by atoms with E-state index >= 15 is 0 Å². The van der Waals surface area contributed by atoms with Gasteiger partial charge in [-0.2, -0.15) is 0 Å². The third kappa shape index (κ3) is 3.80. The van der Waals surface area contributed by atoms with Gasteiger partial charge in [0.15, 0.2) is 0 Å². The Hall–Kier alpha value is -1.44. The summed E-state index contributed by atoms with van der Waals surface area (Å²) in [6.07, 6.45) is 0. The first-order valence-corrected chi connectivity index (χ1v) is 6.80. The molecule has 0 bridgehead atoms. The van der Waals surface area contributed by atoms with Gasteiger partial charge in [-0.1, -0.05) is 0 Å². The molecular weight excluding hydrogens is 256 g/mol. The maximum atomic E-state index is 11.6. The second-order valence-corrected chi connectivity index (χ2v) is 5.37. The molecule has 1 amide bonds. The van der Waals surface area contributed by atoms with Crippen molar-refractivity contribution in [3.05, 3.63) is 29.8 Å². The highest BCUT2D eigenvalue weighted by Gasteiger charge is 2.12. The molecule has 100 valence electrons. The van der Waals surface area contributed by atoms with Crippen LogP contribution in [0.3, 0.4) is 0 Å². The van der Waals surface area contributed by atoms with Crippen molar-refractivity contribution in [2.75, 3.05) is 27.3 Å².